The summed E-state index contributed by atoms with van der Waals surface area (Å²) in [6.45, 7) is 7.04. The van der Waals surface area contributed by atoms with Gasteiger partial charge in [0, 0.05) is 18.2 Å². The predicted molar refractivity (Wildman–Crippen MR) is 223 cm³/mol. The van der Waals surface area contributed by atoms with E-state index in [-0.39, 0.29) is 58.5 Å². The van der Waals surface area contributed by atoms with Crippen molar-refractivity contribution in [2.24, 2.45) is 5.92 Å². The Bertz CT molecular complexity index is 2020. The van der Waals surface area contributed by atoms with Crippen molar-refractivity contribution < 1.29 is 46.0 Å². The van der Waals surface area contributed by atoms with Gasteiger partial charge in [0.05, 0.1) is 25.6 Å². The molecule has 2 unspecified atom stereocenters. The molecule has 3 aromatic heterocycles. The van der Waals surface area contributed by atoms with E-state index >= 15 is 0 Å². The van der Waals surface area contributed by atoms with Crippen LogP contribution in [0.15, 0.2) is 29.7 Å². The monoisotopic (exact) mass is 908 g/mol. The molecule has 1 aliphatic carbocycles. The molecular weight excluding hydrogens is 855 g/mol. The summed E-state index contributed by atoms with van der Waals surface area (Å²) >= 11 is 11.3. The Hall–Kier alpha value is -1.64. The summed E-state index contributed by atoms with van der Waals surface area (Å²) < 4.78 is 47.3. The van der Waals surface area contributed by atoms with Gasteiger partial charge in [0.2, 0.25) is 5.95 Å². The highest BCUT2D eigenvalue weighted by atomic mass is 32.5. The maximum Gasteiger partial charge on any atom is 0.335 e. The van der Waals surface area contributed by atoms with Crippen molar-refractivity contribution in [3.63, 3.8) is 0 Å². The van der Waals surface area contributed by atoms with E-state index in [2.05, 4.69) is 30.2 Å². The Morgan fingerprint density at radius 3 is 2.28 bits per heavy atom. The normalized spacial score (nSPS) is 31.8. The lowest BCUT2D eigenvalue weighted by Gasteiger charge is -2.47. The maximum atomic E-state index is 12.9. The zero-order chi connectivity index (χ0) is 41.7. The van der Waals surface area contributed by atoms with Crippen LogP contribution in [0.3, 0.4) is 0 Å². The molecule has 7 N–H and O–H groups in total. The molecule has 57 heavy (non-hydrogen) atoms. The van der Waals surface area contributed by atoms with Gasteiger partial charge in [-0.05, 0) is 64.7 Å². The van der Waals surface area contributed by atoms with Crippen LogP contribution in [0.5, 0.6) is 0 Å². The second-order valence-corrected chi connectivity index (χ2v) is 30.2. The van der Waals surface area contributed by atoms with Gasteiger partial charge in [-0.3, -0.25) is 18.9 Å². The van der Waals surface area contributed by atoms with Gasteiger partial charge >= 0.3 is 30.6 Å². The van der Waals surface area contributed by atoms with Gasteiger partial charge in [-0.2, -0.15) is 4.98 Å². The lowest BCUT2D eigenvalue weighted by Crippen LogP contribution is -2.62. The van der Waals surface area contributed by atoms with Crippen LogP contribution < -0.4 is 16.6 Å². The Kier molecular flexibility index (Phi) is 13.7. The molecule has 5 heterocycles. The fraction of sp³-hybridized carbons (Fsp3) is 0.719. The fourth-order valence-corrected chi connectivity index (χ4v) is 20.8. The van der Waals surface area contributed by atoms with E-state index in [0.29, 0.717) is 18.7 Å². The van der Waals surface area contributed by atoms with Crippen LogP contribution in [0, 0.1) is 5.92 Å². The molecule has 2 saturated heterocycles. The lowest BCUT2D eigenvalue weighted by atomic mass is 10.1. The lowest BCUT2D eigenvalue weighted by molar-refractivity contribution is -0.0513. The zero-order valence-electron chi connectivity index (χ0n) is 33.1. The number of aromatic nitrogens is 6. The molecule has 0 radical (unpaired) electrons. The number of hydrogen-bond acceptors (Lipinski definition) is 17. The number of aromatic amines is 1. The van der Waals surface area contributed by atoms with Crippen molar-refractivity contribution in [2.75, 3.05) is 24.3 Å². The Morgan fingerprint density at radius 2 is 1.65 bits per heavy atom. The number of fused-ring (bicyclic) bond motifs is 4. The number of ether oxygens (including phenoxy) is 1. The Morgan fingerprint density at radius 1 is 0.982 bits per heavy atom. The van der Waals surface area contributed by atoms with Crippen LogP contribution in [0.1, 0.15) is 74.5 Å². The molecule has 0 amide bonds. The van der Waals surface area contributed by atoms with E-state index in [1.165, 1.54) is 17.2 Å². The summed E-state index contributed by atoms with van der Waals surface area (Å²) in [5.74, 6) is 0.0300. The van der Waals surface area contributed by atoms with E-state index in [1.807, 2.05) is 55.4 Å². The van der Waals surface area contributed by atoms with Crippen molar-refractivity contribution in [1.29, 1.82) is 0 Å². The molecule has 3 aromatic rings. The molecule has 3 aliphatic rings. The molecule has 2 aliphatic heterocycles. The van der Waals surface area contributed by atoms with Gasteiger partial charge in [0.1, 0.15) is 30.5 Å². The van der Waals surface area contributed by atoms with Gasteiger partial charge in [-0.25, -0.2) is 15.0 Å². The van der Waals surface area contributed by atoms with Crippen molar-refractivity contribution in [3.05, 3.63) is 35.3 Å². The van der Waals surface area contributed by atoms with E-state index in [4.69, 9.17) is 60.7 Å². The molecule has 318 valence electrons. The first-order valence-corrected chi connectivity index (χ1v) is 28.1. The third kappa shape index (κ3) is 9.64. The number of nitrogens with two attached hydrogens (primary N) is 1. The van der Waals surface area contributed by atoms with Crippen molar-refractivity contribution in [2.45, 2.75) is 127 Å². The van der Waals surface area contributed by atoms with E-state index in [1.54, 1.807) is 12.3 Å². The summed E-state index contributed by atoms with van der Waals surface area (Å²) in [6.07, 6.45) is -0.107. The van der Waals surface area contributed by atoms with Crippen LogP contribution in [0.25, 0.3) is 11.2 Å². The third-order valence-electron chi connectivity index (χ3n) is 10.9. The predicted octanol–water partition coefficient (Wildman–Crippen LogP) is 4.45. The minimum Gasteiger partial charge on any atom is -0.414 e. The molecular formula is C32H54N8O11P2S2Si2. The van der Waals surface area contributed by atoms with Crippen LogP contribution in [0.4, 0.5) is 11.8 Å². The average molecular weight is 909 g/mol. The fourth-order valence-electron chi connectivity index (χ4n) is 7.86. The summed E-state index contributed by atoms with van der Waals surface area (Å²) in [4.78, 5) is 67.9. The van der Waals surface area contributed by atoms with Crippen molar-refractivity contribution in [3.8, 4) is 0 Å². The minimum absolute atomic E-state index is 0.0317. The quantitative estimate of drug-likeness (QED) is 0.115. The molecule has 19 nitrogen and oxygen atoms in total. The highest BCUT2D eigenvalue weighted by molar-refractivity contribution is 8.07. The Balaban J connectivity index is 1.43. The highest BCUT2D eigenvalue weighted by Gasteiger charge is 2.60. The Labute approximate surface area is 343 Å². The number of hydrogen-bond donors (Lipinski definition) is 6. The van der Waals surface area contributed by atoms with Gasteiger partial charge < -0.3 is 52.5 Å². The maximum absolute atomic E-state index is 12.9. The number of imidazole rings is 1. The van der Waals surface area contributed by atoms with E-state index < -0.39 is 72.7 Å². The number of nitrogens with zero attached hydrogens (tertiary/aromatic N) is 5. The first-order valence-electron chi connectivity index (χ1n) is 19.0. The standard InChI is InChI=1S/C32H54N8O11P2S2Si2/c1-17(2)56(44,18(3)4)51-57(19(5)6,20(7)8)50-27-24-14-46-52(42,54)48-23-12-22(37-25-9-10-34-15-35-25)11-21(23)13-45-53(43,55)49-28(27)31(47-24)40-16-36-26-29(40)38-32(33)39-30(26)41/h9-10,15-24,27-28,31,44H,11-14H2,1-8H3,(H,42,54)(H,43,55)(H,34,35,37)(H3,33,38,39,41)/t21-,22-,23+,24-,27-,28-,31-,52?,53?/m1/s1. The van der Waals surface area contributed by atoms with Gasteiger partial charge in [-0.15, -0.1) is 0 Å². The first-order chi connectivity index (χ1) is 26.6. The summed E-state index contributed by atoms with van der Waals surface area (Å²) in [6, 6.07) is 1.57. The second-order valence-electron chi connectivity index (χ2n) is 16.0. The largest absolute Gasteiger partial charge is 0.414 e. The smallest absolute Gasteiger partial charge is 0.335 e. The first kappa shape index (κ1) is 44.9. The van der Waals surface area contributed by atoms with Crippen molar-refractivity contribution >= 4 is 77.1 Å². The van der Waals surface area contributed by atoms with Crippen LogP contribution in [0.2, 0.25) is 22.2 Å². The summed E-state index contributed by atoms with van der Waals surface area (Å²) in [5, 5.41) is 3.35. The number of nitrogens with one attached hydrogen (secondary N) is 2. The number of H-pyrrole nitrogens is 1. The molecule has 2 bridgehead atoms. The molecule has 0 aromatic carbocycles. The minimum atomic E-state index is -4.16. The SMILES string of the molecule is CC(C)[Si](O)(O[Si](O[C@H]1[C@H]2OP(O)(=S)OC[C@H]3C[C@@H](Nc4ccncn4)C[C@@H]3OP(O)(=S)OC[C@H]1O[C@H]2n1cnc2c(=O)[nH]c(N)nc21)(C(C)C)C(C)C)C(C)C. The summed E-state index contributed by atoms with van der Waals surface area (Å²) in [7, 11) is -7.03. The molecule has 1 saturated carbocycles. The molecule has 0 spiro atoms. The van der Waals surface area contributed by atoms with Crippen molar-refractivity contribution in [1.82, 2.24) is 29.5 Å². The number of nitrogen functional groups attached to an aromatic ring is 1. The second kappa shape index (κ2) is 17.4. The summed E-state index contributed by atoms with van der Waals surface area (Å²) in [5.41, 5.74) is 4.57. The van der Waals surface area contributed by atoms with E-state index in [0.717, 1.165) is 0 Å². The molecule has 25 heteroatoms. The van der Waals surface area contributed by atoms with Crippen LogP contribution in [-0.2, 0) is 55.0 Å². The number of rotatable bonds is 11. The number of anilines is 2. The highest BCUT2D eigenvalue weighted by Crippen LogP contribution is 2.56. The van der Waals surface area contributed by atoms with E-state index in [9.17, 15) is 19.4 Å². The topological polar surface area (TPSA) is 253 Å². The van der Waals surface area contributed by atoms with Gasteiger partial charge in [-0.1, -0.05) is 55.4 Å². The van der Waals surface area contributed by atoms with Crippen LogP contribution >= 0.6 is 13.4 Å². The van der Waals surface area contributed by atoms with Gasteiger partial charge in [0.15, 0.2) is 17.4 Å². The molecule has 3 fully saturated rings. The molecule has 9 atom stereocenters. The third-order valence-corrected chi connectivity index (χ3v) is 23.8. The zero-order valence-corrected chi connectivity index (χ0v) is 38.5. The van der Waals surface area contributed by atoms with Gasteiger partial charge in [0.25, 0.3) is 5.56 Å². The van der Waals surface area contributed by atoms with Crippen LogP contribution in [-0.4, -0.2) is 105 Å². The average Bonchev–Trinajstić information content (AvgIpc) is 3.80. The molecule has 6 rings (SSSR count).